The topological polar surface area (TPSA) is 23.5 Å². The minimum absolute atomic E-state index is 0.0559. The molecule has 0 unspecified atom stereocenters. The molecule has 19 heavy (non-hydrogen) atoms. The number of rotatable bonds is 1. The molecule has 0 heterocycles. The second-order valence-electron chi connectivity index (χ2n) is 7.71. The number of anilines is 1. The van der Waals surface area contributed by atoms with Crippen molar-refractivity contribution in [2.45, 2.75) is 59.3 Å². The molecule has 0 fully saturated rings. The van der Waals surface area contributed by atoms with Crippen LogP contribution in [0.1, 0.15) is 58.2 Å². The van der Waals surface area contributed by atoms with Gasteiger partial charge in [0, 0.05) is 25.3 Å². The summed E-state index contributed by atoms with van der Waals surface area (Å²) in [5.41, 5.74) is 4.29. The molecule has 2 heteroatoms. The van der Waals surface area contributed by atoms with Gasteiger partial charge in [0.15, 0.2) is 0 Å². The molecule has 0 bridgehead atoms. The van der Waals surface area contributed by atoms with Crippen molar-refractivity contribution in [3.63, 3.8) is 0 Å². The van der Waals surface area contributed by atoms with Crippen molar-refractivity contribution in [2.24, 2.45) is 0 Å². The van der Waals surface area contributed by atoms with E-state index in [9.17, 15) is 5.11 Å². The van der Waals surface area contributed by atoms with Crippen molar-refractivity contribution in [1.29, 1.82) is 0 Å². The molecule has 0 saturated heterocycles. The lowest BCUT2D eigenvalue weighted by molar-refractivity contribution is 0.423. The van der Waals surface area contributed by atoms with E-state index in [2.05, 4.69) is 59.4 Å². The monoisotopic (exact) mass is 263 g/mol. The summed E-state index contributed by atoms with van der Waals surface area (Å²) in [5.74, 6) is 0.453. The third-order valence-corrected chi connectivity index (χ3v) is 3.47. The van der Waals surface area contributed by atoms with Gasteiger partial charge in [0.1, 0.15) is 5.75 Å². The van der Waals surface area contributed by atoms with E-state index in [1.165, 1.54) is 5.56 Å². The molecular weight excluding hydrogens is 234 g/mol. The molecule has 0 radical (unpaired) electrons. The number of benzene rings is 1. The molecule has 1 aromatic carbocycles. The van der Waals surface area contributed by atoms with Crippen LogP contribution in [0, 0.1) is 6.92 Å². The fourth-order valence-corrected chi connectivity index (χ4v) is 2.66. The van der Waals surface area contributed by atoms with Gasteiger partial charge in [-0.15, -0.1) is 0 Å². The van der Waals surface area contributed by atoms with E-state index >= 15 is 0 Å². The first kappa shape index (κ1) is 15.9. The number of nitrogens with zero attached hydrogens (tertiary/aromatic N) is 1. The Bertz CT molecular complexity index is 474. The van der Waals surface area contributed by atoms with Gasteiger partial charge in [-0.3, -0.25) is 0 Å². The molecule has 0 spiro atoms. The molecule has 0 saturated carbocycles. The van der Waals surface area contributed by atoms with Crippen molar-refractivity contribution in [2.75, 3.05) is 19.0 Å². The van der Waals surface area contributed by atoms with E-state index in [1.807, 2.05) is 14.1 Å². The highest BCUT2D eigenvalue weighted by molar-refractivity contribution is 5.68. The van der Waals surface area contributed by atoms with Crippen LogP contribution in [0.15, 0.2) is 6.07 Å². The summed E-state index contributed by atoms with van der Waals surface area (Å²) < 4.78 is 0. The summed E-state index contributed by atoms with van der Waals surface area (Å²) in [7, 11) is 4.07. The Kier molecular flexibility index (Phi) is 3.96. The Hall–Kier alpha value is -1.18. The van der Waals surface area contributed by atoms with E-state index in [0.717, 1.165) is 16.8 Å². The average molecular weight is 263 g/mol. The van der Waals surface area contributed by atoms with Crippen LogP contribution in [-0.2, 0) is 10.8 Å². The molecule has 0 aliphatic heterocycles. The molecule has 2 nitrogen and oxygen atoms in total. The van der Waals surface area contributed by atoms with Crippen LogP contribution in [0.5, 0.6) is 5.75 Å². The van der Waals surface area contributed by atoms with Crippen LogP contribution in [0.3, 0.4) is 0 Å². The summed E-state index contributed by atoms with van der Waals surface area (Å²) in [6, 6.07) is 2.12. The maximum Gasteiger partial charge on any atom is 0.125 e. The number of phenols is 1. The first-order valence-corrected chi connectivity index (χ1v) is 6.92. The van der Waals surface area contributed by atoms with Crippen molar-refractivity contribution >= 4 is 5.69 Å². The first-order chi connectivity index (χ1) is 8.37. The highest BCUT2D eigenvalue weighted by Gasteiger charge is 2.30. The lowest BCUT2D eigenvalue weighted by atomic mass is 9.77. The molecule has 0 aliphatic rings. The van der Waals surface area contributed by atoms with Crippen molar-refractivity contribution in [3.8, 4) is 5.75 Å². The van der Waals surface area contributed by atoms with Gasteiger partial charge in [0.2, 0.25) is 0 Å². The summed E-state index contributed by atoms with van der Waals surface area (Å²) in [5, 5.41) is 10.8. The number of aromatic hydroxyl groups is 1. The van der Waals surface area contributed by atoms with Gasteiger partial charge in [-0.2, -0.15) is 0 Å². The second kappa shape index (κ2) is 4.73. The smallest absolute Gasteiger partial charge is 0.125 e. The van der Waals surface area contributed by atoms with Gasteiger partial charge in [-0.25, -0.2) is 0 Å². The molecule has 0 atom stereocenters. The Morgan fingerprint density at radius 3 is 1.74 bits per heavy atom. The van der Waals surface area contributed by atoms with Crippen LogP contribution >= 0.6 is 0 Å². The van der Waals surface area contributed by atoms with E-state index < -0.39 is 0 Å². The van der Waals surface area contributed by atoms with Gasteiger partial charge in [-0.1, -0.05) is 41.5 Å². The van der Waals surface area contributed by atoms with Gasteiger partial charge in [-0.05, 0) is 34.9 Å². The molecular formula is C17H29NO. The lowest BCUT2D eigenvalue weighted by Gasteiger charge is -2.33. The van der Waals surface area contributed by atoms with Gasteiger partial charge >= 0.3 is 0 Å². The minimum Gasteiger partial charge on any atom is -0.507 e. The quantitative estimate of drug-likeness (QED) is 0.813. The van der Waals surface area contributed by atoms with Crippen LogP contribution < -0.4 is 4.90 Å². The summed E-state index contributed by atoms with van der Waals surface area (Å²) >= 11 is 0. The predicted octanol–water partition coefficient (Wildman–Crippen LogP) is 4.36. The molecule has 1 rings (SSSR count). The Morgan fingerprint density at radius 2 is 1.42 bits per heavy atom. The van der Waals surface area contributed by atoms with Gasteiger partial charge < -0.3 is 10.0 Å². The predicted molar refractivity (Wildman–Crippen MR) is 84.6 cm³/mol. The van der Waals surface area contributed by atoms with Crippen molar-refractivity contribution in [3.05, 3.63) is 22.8 Å². The van der Waals surface area contributed by atoms with Crippen LogP contribution in [0.4, 0.5) is 5.69 Å². The van der Waals surface area contributed by atoms with E-state index in [-0.39, 0.29) is 10.8 Å². The number of phenolic OH excluding ortho intramolecular Hbond substituents is 1. The zero-order valence-electron chi connectivity index (χ0n) is 14.0. The molecule has 0 amide bonds. The normalized spacial score (nSPS) is 12.7. The number of hydrogen-bond acceptors (Lipinski definition) is 2. The van der Waals surface area contributed by atoms with Gasteiger partial charge in [0.25, 0.3) is 0 Å². The maximum absolute atomic E-state index is 10.8. The zero-order chi connectivity index (χ0) is 15.2. The van der Waals surface area contributed by atoms with E-state index in [1.54, 1.807) is 0 Å². The standard InChI is InChI=1S/C17H29NO/c1-11-10-12(16(2,3)4)15(19)13(17(5,6)7)14(11)18(8)9/h10,19H,1-9H3. The van der Waals surface area contributed by atoms with Crippen LogP contribution in [-0.4, -0.2) is 19.2 Å². The van der Waals surface area contributed by atoms with Crippen molar-refractivity contribution in [1.82, 2.24) is 0 Å². The summed E-state index contributed by atoms with van der Waals surface area (Å²) in [4.78, 5) is 2.10. The Balaban J connectivity index is 3.78. The SMILES string of the molecule is Cc1cc(C(C)(C)C)c(O)c(C(C)(C)C)c1N(C)C. The Labute approximate surface area is 118 Å². The molecule has 108 valence electrons. The molecule has 1 N–H and O–H groups in total. The van der Waals surface area contributed by atoms with E-state index in [4.69, 9.17) is 0 Å². The molecule has 0 aliphatic carbocycles. The van der Waals surface area contributed by atoms with Crippen LogP contribution in [0.25, 0.3) is 0 Å². The first-order valence-electron chi connectivity index (χ1n) is 6.92. The lowest BCUT2D eigenvalue weighted by Crippen LogP contribution is -2.23. The fourth-order valence-electron chi connectivity index (χ4n) is 2.66. The van der Waals surface area contributed by atoms with Gasteiger partial charge in [0.05, 0.1) is 0 Å². The second-order valence-corrected chi connectivity index (χ2v) is 7.71. The van der Waals surface area contributed by atoms with Crippen LogP contribution in [0.2, 0.25) is 0 Å². The summed E-state index contributed by atoms with van der Waals surface area (Å²) in [6.45, 7) is 15.0. The van der Waals surface area contributed by atoms with Crippen molar-refractivity contribution < 1.29 is 5.11 Å². The maximum atomic E-state index is 10.8. The highest BCUT2D eigenvalue weighted by atomic mass is 16.3. The highest BCUT2D eigenvalue weighted by Crippen LogP contribution is 2.45. The van der Waals surface area contributed by atoms with E-state index in [0.29, 0.717) is 5.75 Å². The number of hydrogen-bond donors (Lipinski definition) is 1. The minimum atomic E-state index is -0.0876. The largest absolute Gasteiger partial charge is 0.507 e. The fraction of sp³-hybridized carbons (Fsp3) is 0.647. The summed E-state index contributed by atoms with van der Waals surface area (Å²) in [6.07, 6.45) is 0. The Morgan fingerprint density at radius 1 is 0.947 bits per heavy atom. The molecule has 1 aromatic rings. The third kappa shape index (κ3) is 3.05. The number of aryl methyl sites for hydroxylation is 1. The average Bonchev–Trinajstić information content (AvgIpc) is 2.16. The molecule has 0 aromatic heterocycles. The third-order valence-electron chi connectivity index (χ3n) is 3.47. The zero-order valence-corrected chi connectivity index (χ0v) is 14.0.